The molecule has 0 bridgehead atoms. The number of fused-ring (bicyclic) bond motifs is 1. The molecular formula is C24H28N6O2. The van der Waals surface area contributed by atoms with E-state index in [1.54, 1.807) is 4.90 Å². The van der Waals surface area contributed by atoms with Crippen LogP contribution in [-0.4, -0.2) is 51.2 Å². The largest absolute Gasteiger partial charge is 0.355 e. The number of rotatable bonds is 5. The molecular weight excluding hydrogens is 404 g/mol. The summed E-state index contributed by atoms with van der Waals surface area (Å²) in [4.78, 5) is 27.2. The Morgan fingerprint density at radius 1 is 1.16 bits per heavy atom. The third kappa shape index (κ3) is 3.97. The number of aryl methyl sites for hydroxylation is 2. The quantitative estimate of drug-likeness (QED) is 0.612. The van der Waals surface area contributed by atoms with Gasteiger partial charge in [0.05, 0.1) is 12.5 Å². The van der Waals surface area contributed by atoms with E-state index in [9.17, 15) is 4.79 Å². The number of hydrogen-bond acceptors (Lipinski definition) is 7. The molecule has 0 saturated carbocycles. The first kappa shape index (κ1) is 20.6. The number of hydrogen-bond donors (Lipinski definition) is 0. The van der Waals surface area contributed by atoms with E-state index in [4.69, 9.17) is 14.6 Å². The number of aromatic nitrogens is 4. The molecule has 1 aromatic carbocycles. The zero-order valence-corrected chi connectivity index (χ0v) is 18.6. The predicted molar refractivity (Wildman–Crippen MR) is 120 cm³/mol. The zero-order chi connectivity index (χ0) is 22.1. The van der Waals surface area contributed by atoms with Crippen LogP contribution >= 0.6 is 0 Å². The Labute approximate surface area is 187 Å². The van der Waals surface area contributed by atoms with E-state index in [-0.39, 0.29) is 11.8 Å². The van der Waals surface area contributed by atoms with Gasteiger partial charge < -0.3 is 9.80 Å². The summed E-state index contributed by atoms with van der Waals surface area (Å²) >= 11 is 0. The Kier molecular flexibility index (Phi) is 5.59. The van der Waals surface area contributed by atoms with Crippen molar-refractivity contribution in [3.05, 3.63) is 53.0 Å². The lowest BCUT2D eigenvalue weighted by Crippen LogP contribution is -2.44. The average Bonchev–Trinajstić information content (AvgIpc) is 3.47. The molecule has 8 nitrogen and oxygen atoms in total. The molecule has 1 aliphatic carbocycles. The molecule has 0 unspecified atom stereocenters. The summed E-state index contributed by atoms with van der Waals surface area (Å²) in [5.41, 5.74) is 4.88. The zero-order valence-electron chi connectivity index (χ0n) is 18.6. The average molecular weight is 433 g/mol. The van der Waals surface area contributed by atoms with Crippen molar-refractivity contribution in [3.63, 3.8) is 0 Å². The number of piperidine rings is 1. The van der Waals surface area contributed by atoms with Crippen LogP contribution in [0.2, 0.25) is 0 Å². The minimum atomic E-state index is -0.0684. The van der Waals surface area contributed by atoms with Gasteiger partial charge in [0.15, 0.2) is 5.82 Å². The molecule has 3 heterocycles. The molecule has 8 heteroatoms. The highest BCUT2D eigenvalue weighted by molar-refractivity contribution is 5.79. The van der Waals surface area contributed by atoms with Crippen LogP contribution in [0, 0.1) is 12.8 Å². The van der Waals surface area contributed by atoms with E-state index in [1.165, 1.54) is 5.56 Å². The number of nitrogens with zero attached hydrogens (tertiary/aromatic N) is 6. The minimum absolute atomic E-state index is 0.0684. The van der Waals surface area contributed by atoms with E-state index < -0.39 is 0 Å². The topological polar surface area (TPSA) is 88.3 Å². The lowest BCUT2D eigenvalue weighted by atomic mass is 9.96. The van der Waals surface area contributed by atoms with Crippen LogP contribution in [0.5, 0.6) is 0 Å². The molecule has 1 aliphatic heterocycles. The Hall–Kier alpha value is -3.29. The van der Waals surface area contributed by atoms with Crippen LogP contribution < -0.4 is 4.90 Å². The van der Waals surface area contributed by atoms with Crippen molar-refractivity contribution >= 4 is 11.7 Å². The molecule has 0 N–H and O–H groups in total. The molecule has 1 fully saturated rings. The molecule has 0 spiro atoms. The second kappa shape index (κ2) is 8.68. The Morgan fingerprint density at radius 3 is 2.78 bits per heavy atom. The Bertz CT molecular complexity index is 1110. The summed E-state index contributed by atoms with van der Waals surface area (Å²) in [5.74, 6) is 1.86. The van der Waals surface area contributed by atoms with Crippen LogP contribution in [0.25, 0.3) is 11.4 Å². The first-order valence-electron chi connectivity index (χ1n) is 11.3. The summed E-state index contributed by atoms with van der Waals surface area (Å²) < 4.78 is 4.78. The maximum absolute atomic E-state index is 13.2. The Morgan fingerprint density at radius 2 is 2.00 bits per heavy atom. The van der Waals surface area contributed by atoms with Crippen LogP contribution in [0.1, 0.15) is 41.9 Å². The van der Waals surface area contributed by atoms with Crippen LogP contribution in [0.4, 0.5) is 5.82 Å². The number of carbonyl (C=O) groups is 1. The molecule has 1 amide bonds. The molecule has 1 atom stereocenters. The summed E-state index contributed by atoms with van der Waals surface area (Å²) in [6.07, 6.45) is 4.96. The van der Waals surface area contributed by atoms with Crippen molar-refractivity contribution in [1.82, 2.24) is 25.2 Å². The van der Waals surface area contributed by atoms with Gasteiger partial charge in [-0.25, -0.2) is 14.6 Å². The SMILES string of the molecule is Cc1nonc1CN(C)C(=O)[C@@H]1CCCN(c2nc(-c3ccccc3)nc3c2CCC3)C1. The lowest BCUT2D eigenvalue weighted by Gasteiger charge is -2.35. The highest BCUT2D eigenvalue weighted by atomic mass is 16.6. The van der Waals surface area contributed by atoms with Crippen molar-refractivity contribution in [2.75, 3.05) is 25.0 Å². The summed E-state index contributed by atoms with van der Waals surface area (Å²) in [6, 6.07) is 10.1. The molecule has 2 aliphatic rings. The number of anilines is 1. The summed E-state index contributed by atoms with van der Waals surface area (Å²) in [7, 11) is 1.82. The molecule has 0 radical (unpaired) electrons. The fourth-order valence-electron chi connectivity index (χ4n) is 4.77. The van der Waals surface area contributed by atoms with Crippen LogP contribution in [-0.2, 0) is 24.2 Å². The van der Waals surface area contributed by atoms with E-state index >= 15 is 0 Å². The monoisotopic (exact) mass is 432 g/mol. The molecule has 3 aromatic rings. The number of carbonyl (C=O) groups excluding carboxylic acids is 1. The van der Waals surface area contributed by atoms with Gasteiger partial charge in [-0.15, -0.1) is 0 Å². The third-order valence-electron chi connectivity index (χ3n) is 6.52. The molecule has 1 saturated heterocycles. The van der Waals surface area contributed by atoms with Crippen molar-refractivity contribution in [2.24, 2.45) is 5.92 Å². The van der Waals surface area contributed by atoms with Gasteiger partial charge in [-0.1, -0.05) is 40.6 Å². The van der Waals surface area contributed by atoms with Crippen molar-refractivity contribution in [3.8, 4) is 11.4 Å². The first-order chi connectivity index (χ1) is 15.6. The van der Waals surface area contributed by atoms with E-state index in [2.05, 4.69) is 27.3 Å². The molecule has 5 rings (SSSR count). The molecule has 32 heavy (non-hydrogen) atoms. The van der Waals surface area contributed by atoms with Gasteiger partial charge in [0.2, 0.25) is 5.91 Å². The fraction of sp³-hybridized carbons (Fsp3) is 0.458. The number of amides is 1. The van der Waals surface area contributed by atoms with Gasteiger partial charge in [-0.2, -0.15) is 0 Å². The van der Waals surface area contributed by atoms with Crippen LogP contribution in [0.3, 0.4) is 0 Å². The highest BCUT2D eigenvalue weighted by Gasteiger charge is 2.32. The standard InChI is InChI=1S/C24H28N6O2/c1-16-21(28-32-27-16)15-29(2)24(31)18-10-7-13-30(14-18)23-19-11-6-12-20(19)25-22(26-23)17-8-4-3-5-9-17/h3-5,8-9,18H,6-7,10-15H2,1-2H3/t18-/m1/s1. The lowest BCUT2D eigenvalue weighted by molar-refractivity contribution is -0.135. The van der Waals surface area contributed by atoms with Gasteiger partial charge in [0.1, 0.15) is 17.2 Å². The normalized spacial score (nSPS) is 17.9. The van der Waals surface area contributed by atoms with Gasteiger partial charge in [0, 0.05) is 37.0 Å². The highest BCUT2D eigenvalue weighted by Crippen LogP contribution is 2.33. The predicted octanol–water partition coefficient (Wildman–Crippen LogP) is 3.20. The van der Waals surface area contributed by atoms with Gasteiger partial charge in [0.25, 0.3) is 0 Å². The molecule has 2 aromatic heterocycles. The fourth-order valence-corrected chi connectivity index (χ4v) is 4.77. The van der Waals surface area contributed by atoms with Gasteiger partial charge in [-0.3, -0.25) is 4.79 Å². The van der Waals surface area contributed by atoms with E-state index in [0.29, 0.717) is 18.8 Å². The van der Waals surface area contributed by atoms with E-state index in [1.807, 2.05) is 32.2 Å². The molecule has 166 valence electrons. The maximum Gasteiger partial charge on any atom is 0.227 e. The number of benzene rings is 1. The first-order valence-corrected chi connectivity index (χ1v) is 11.3. The van der Waals surface area contributed by atoms with Crippen molar-refractivity contribution in [2.45, 2.75) is 45.6 Å². The minimum Gasteiger partial charge on any atom is -0.355 e. The van der Waals surface area contributed by atoms with Crippen molar-refractivity contribution < 1.29 is 9.42 Å². The summed E-state index contributed by atoms with van der Waals surface area (Å²) in [6.45, 7) is 3.84. The van der Waals surface area contributed by atoms with Crippen molar-refractivity contribution in [1.29, 1.82) is 0 Å². The summed E-state index contributed by atoms with van der Waals surface area (Å²) in [5, 5.41) is 7.73. The van der Waals surface area contributed by atoms with Crippen LogP contribution in [0.15, 0.2) is 35.0 Å². The second-order valence-electron chi connectivity index (χ2n) is 8.79. The van der Waals surface area contributed by atoms with E-state index in [0.717, 1.165) is 67.2 Å². The Balaban J connectivity index is 1.38. The maximum atomic E-state index is 13.2. The van der Waals surface area contributed by atoms with Gasteiger partial charge in [-0.05, 0) is 39.0 Å². The third-order valence-corrected chi connectivity index (χ3v) is 6.52. The second-order valence-corrected chi connectivity index (χ2v) is 8.79. The van der Waals surface area contributed by atoms with Gasteiger partial charge >= 0.3 is 0 Å². The smallest absolute Gasteiger partial charge is 0.227 e.